The van der Waals surface area contributed by atoms with E-state index in [9.17, 15) is 14.4 Å². The quantitative estimate of drug-likeness (QED) is 0.820. The van der Waals surface area contributed by atoms with Gasteiger partial charge >= 0.3 is 0 Å². The van der Waals surface area contributed by atoms with Gasteiger partial charge in [-0.05, 0) is 31.0 Å². The van der Waals surface area contributed by atoms with Crippen LogP contribution in [0.2, 0.25) is 0 Å². The molecule has 0 spiro atoms. The molecule has 2 fully saturated rings. The van der Waals surface area contributed by atoms with Crippen LogP contribution in [-0.2, 0) is 9.59 Å². The lowest BCUT2D eigenvalue weighted by Gasteiger charge is -2.34. The molecule has 0 radical (unpaired) electrons. The molecular formula is C22H27N5O3. The van der Waals surface area contributed by atoms with Gasteiger partial charge in [0, 0.05) is 51.4 Å². The van der Waals surface area contributed by atoms with Gasteiger partial charge in [0.2, 0.25) is 11.9 Å². The molecule has 2 aliphatic rings. The number of amides is 1. The van der Waals surface area contributed by atoms with E-state index < -0.39 is 5.92 Å². The van der Waals surface area contributed by atoms with Crippen LogP contribution in [-0.4, -0.2) is 65.8 Å². The lowest BCUT2D eigenvalue weighted by atomic mass is 10.0. The molecular weight excluding hydrogens is 382 g/mol. The predicted molar refractivity (Wildman–Crippen MR) is 115 cm³/mol. The van der Waals surface area contributed by atoms with Crippen LogP contribution in [0.3, 0.4) is 0 Å². The number of anilines is 2. The Kier molecular flexibility index (Phi) is 5.32. The van der Waals surface area contributed by atoms with Gasteiger partial charge in [0.25, 0.3) is 5.56 Å². The summed E-state index contributed by atoms with van der Waals surface area (Å²) in [5, 5.41) is 0. The number of aryl methyl sites for hydroxylation is 1. The number of benzene rings is 1. The third-order valence-corrected chi connectivity index (χ3v) is 6.19. The van der Waals surface area contributed by atoms with Crippen LogP contribution in [0.15, 0.2) is 29.1 Å². The number of Topliss-reactive ketones (excluding diaryl/α,β-unsaturated/α-hetero) is 1. The van der Waals surface area contributed by atoms with Gasteiger partial charge in [-0.25, -0.2) is 4.98 Å². The summed E-state index contributed by atoms with van der Waals surface area (Å²) in [4.78, 5) is 49.9. The van der Waals surface area contributed by atoms with Crippen molar-refractivity contribution in [2.75, 3.05) is 49.1 Å². The van der Waals surface area contributed by atoms with Crippen molar-refractivity contribution in [3.8, 4) is 0 Å². The van der Waals surface area contributed by atoms with Crippen molar-refractivity contribution in [3.63, 3.8) is 0 Å². The topological polar surface area (TPSA) is 89.6 Å². The van der Waals surface area contributed by atoms with Gasteiger partial charge in [0.05, 0.1) is 18.2 Å². The number of aromatic nitrogens is 2. The molecule has 8 nitrogen and oxygen atoms in total. The minimum Gasteiger partial charge on any atom is -0.363 e. The summed E-state index contributed by atoms with van der Waals surface area (Å²) in [6.07, 6.45) is 0. The Balaban J connectivity index is 1.56. The van der Waals surface area contributed by atoms with E-state index in [1.165, 1.54) is 11.6 Å². The van der Waals surface area contributed by atoms with Gasteiger partial charge in [0.1, 0.15) is 0 Å². The molecule has 1 aromatic heterocycles. The SMILES string of the molecule is CC(=O)N1CCN(c2nc(C3CN(c4cccc(C)c4C)CC3=O)cc(=O)[nH]2)CC1. The Hall–Kier alpha value is -3.16. The van der Waals surface area contributed by atoms with Crippen LogP contribution in [0, 0.1) is 13.8 Å². The molecule has 1 aromatic carbocycles. The van der Waals surface area contributed by atoms with E-state index in [0.29, 0.717) is 50.9 Å². The highest BCUT2D eigenvalue weighted by Gasteiger charge is 2.34. The summed E-state index contributed by atoms with van der Waals surface area (Å²) in [5.74, 6) is 0.164. The maximum absolute atomic E-state index is 12.8. The smallest absolute Gasteiger partial charge is 0.252 e. The lowest BCUT2D eigenvalue weighted by Crippen LogP contribution is -2.49. The highest BCUT2D eigenvalue weighted by atomic mass is 16.2. The fourth-order valence-electron chi connectivity index (χ4n) is 4.23. The molecule has 4 rings (SSSR count). The van der Waals surface area contributed by atoms with E-state index in [1.807, 2.05) is 17.0 Å². The monoisotopic (exact) mass is 409 g/mol. The van der Waals surface area contributed by atoms with Gasteiger partial charge in [-0.3, -0.25) is 19.4 Å². The van der Waals surface area contributed by atoms with Crippen molar-refractivity contribution < 1.29 is 9.59 Å². The largest absolute Gasteiger partial charge is 0.363 e. The predicted octanol–water partition coefficient (Wildman–Crippen LogP) is 1.23. The van der Waals surface area contributed by atoms with Crippen LogP contribution in [0.1, 0.15) is 29.7 Å². The molecule has 0 aliphatic carbocycles. The van der Waals surface area contributed by atoms with E-state index in [4.69, 9.17) is 0 Å². The molecule has 158 valence electrons. The van der Waals surface area contributed by atoms with Gasteiger partial charge in [-0.15, -0.1) is 0 Å². The molecule has 8 heteroatoms. The van der Waals surface area contributed by atoms with Crippen molar-refractivity contribution in [3.05, 3.63) is 51.4 Å². The first-order valence-corrected chi connectivity index (χ1v) is 10.3. The molecule has 2 aliphatic heterocycles. The highest BCUT2D eigenvalue weighted by Crippen LogP contribution is 2.31. The van der Waals surface area contributed by atoms with Gasteiger partial charge in [0.15, 0.2) is 5.78 Å². The van der Waals surface area contributed by atoms with E-state index in [-0.39, 0.29) is 17.2 Å². The van der Waals surface area contributed by atoms with Crippen LogP contribution in [0.25, 0.3) is 0 Å². The molecule has 1 N–H and O–H groups in total. The van der Waals surface area contributed by atoms with E-state index in [2.05, 4.69) is 34.8 Å². The van der Waals surface area contributed by atoms with Crippen molar-refractivity contribution in [1.29, 1.82) is 0 Å². The number of carbonyl (C=O) groups excluding carboxylic acids is 2. The Bertz CT molecular complexity index is 1040. The minimum absolute atomic E-state index is 0.0490. The van der Waals surface area contributed by atoms with E-state index in [1.54, 1.807) is 11.8 Å². The lowest BCUT2D eigenvalue weighted by molar-refractivity contribution is -0.129. The number of rotatable bonds is 3. The number of hydrogen-bond donors (Lipinski definition) is 1. The van der Waals surface area contributed by atoms with Crippen molar-refractivity contribution in [2.45, 2.75) is 26.7 Å². The Morgan fingerprint density at radius 1 is 1.10 bits per heavy atom. The maximum atomic E-state index is 12.8. The second-order valence-corrected chi connectivity index (χ2v) is 8.11. The summed E-state index contributed by atoms with van der Waals surface area (Å²) >= 11 is 0. The normalized spacial score (nSPS) is 19.5. The molecule has 2 aromatic rings. The fraction of sp³-hybridized carbons (Fsp3) is 0.455. The summed E-state index contributed by atoms with van der Waals surface area (Å²) < 4.78 is 0. The van der Waals surface area contributed by atoms with Gasteiger partial charge < -0.3 is 14.7 Å². The van der Waals surface area contributed by atoms with Crippen LogP contribution in [0.5, 0.6) is 0 Å². The number of aromatic amines is 1. The molecule has 1 atom stereocenters. The summed E-state index contributed by atoms with van der Waals surface area (Å²) in [6.45, 7) is 8.88. The third-order valence-electron chi connectivity index (χ3n) is 6.19. The van der Waals surface area contributed by atoms with Crippen LogP contribution < -0.4 is 15.4 Å². The van der Waals surface area contributed by atoms with Crippen LogP contribution >= 0.6 is 0 Å². The van der Waals surface area contributed by atoms with Crippen molar-refractivity contribution in [2.24, 2.45) is 0 Å². The molecule has 1 amide bonds. The fourth-order valence-corrected chi connectivity index (χ4v) is 4.23. The third kappa shape index (κ3) is 3.81. The molecule has 3 heterocycles. The number of ketones is 1. The minimum atomic E-state index is -0.426. The average molecular weight is 409 g/mol. The molecule has 30 heavy (non-hydrogen) atoms. The number of H-pyrrole nitrogens is 1. The van der Waals surface area contributed by atoms with Crippen molar-refractivity contribution >= 4 is 23.3 Å². The maximum Gasteiger partial charge on any atom is 0.252 e. The van der Waals surface area contributed by atoms with Crippen LogP contribution in [0.4, 0.5) is 11.6 Å². The first kappa shape index (κ1) is 20.1. The number of carbonyl (C=O) groups is 2. The molecule has 1 unspecified atom stereocenters. The second kappa shape index (κ2) is 7.93. The second-order valence-electron chi connectivity index (χ2n) is 8.11. The van der Waals surface area contributed by atoms with Gasteiger partial charge in [-0.2, -0.15) is 0 Å². The number of nitrogens with zero attached hydrogens (tertiary/aromatic N) is 4. The number of nitrogens with one attached hydrogen (secondary N) is 1. The molecule has 0 saturated carbocycles. The van der Waals surface area contributed by atoms with E-state index in [0.717, 1.165) is 11.3 Å². The summed E-state index contributed by atoms with van der Waals surface area (Å²) in [7, 11) is 0. The molecule has 0 bridgehead atoms. The van der Waals surface area contributed by atoms with Gasteiger partial charge in [-0.1, -0.05) is 12.1 Å². The Labute approximate surface area is 175 Å². The average Bonchev–Trinajstić information content (AvgIpc) is 3.11. The number of piperazine rings is 1. The Morgan fingerprint density at radius 2 is 1.83 bits per heavy atom. The Morgan fingerprint density at radius 3 is 2.53 bits per heavy atom. The summed E-state index contributed by atoms with van der Waals surface area (Å²) in [6, 6.07) is 7.53. The summed E-state index contributed by atoms with van der Waals surface area (Å²) in [5.41, 5.74) is 3.65. The van der Waals surface area contributed by atoms with Crippen molar-refractivity contribution in [1.82, 2.24) is 14.9 Å². The van der Waals surface area contributed by atoms with E-state index >= 15 is 0 Å². The zero-order chi connectivity index (χ0) is 21.4. The zero-order valence-corrected chi connectivity index (χ0v) is 17.6. The number of hydrogen-bond acceptors (Lipinski definition) is 6. The first-order valence-electron chi connectivity index (χ1n) is 10.3. The standard InChI is InChI=1S/C22H27N5O3/c1-14-5-4-6-19(15(14)2)27-12-17(20(29)13-27)18-11-21(30)24-22(23-18)26-9-7-25(8-10-26)16(3)28/h4-6,11,17H,7-10,12-13H2,1-3H3,(H,23,24,30). The first-order chi connectivity index (χ1) is 14.3. The highest BCUT2D eigenvalue weighted by molar-refractivity contribution is 5.93. The molecule has 2 saturated heterocycles. The zero-order valence-electron chi connectivity index (χ0n) is 17.6.